The number of hydrogen-bond acceptors (Lipinski definition) is 6. The standard InChI is InChI=1S/C26H31NO6S/c1-6-7-8-19-15-23(28)33-25-18(5)22(14-13-21(19)25)32-26(29)24(16(2)3)27-34(30,31)20-11-9-17(4)10-12-20/h9-16,24,27H,6-8H2,1-5H3/t24-/m1/s1. The third-order valence-corrected chi connectivity index (χ3v) is 7.20. The van der Waals surface area contributed by atoms with E-state index in [-0.39, 0.29) is 16.6 Å². The minimum Gasteiger partial charge on any atom is -0.425 e. The fraction of sp³-hybridized carbons (Fsp3) is 0.385. The summed E-state index contributed by atoms with van der Waals surface area (Å²) in [5, 5.41) is 0.797. The van der Waals surface area contributed by atoms with E-state index in [4.69, 9.17) is 9.15 Å². The topological polar surface area (TPSA) is 103 Å². The van der Waals surface area contributed by atoms with Gasteiger partial charge in [0, 0.05) is 17.0 Å². The maximum Gasteiger partial charge on any atom is 0.336 e. The number of benzene rings is 2. The molecule has 0 fully saturated rings. The smallest absolute Gasteiger partial charge is 0.336 e. The van der Waals surface area contributed by atoms with E-state index in [2.05, 4.69) is 11.6 Å². The summed E-state index contributed by atoms with van der Waals surface area (Å²) in [6, 6.07) is 10.2. The maximum atomic E-state index is 13.0. The van der Waals surface area contributed by atoms with Crippen LogP contribution in [0.15, 0.2) is 56.6 Å². The van der Waals surface area contributed by atoms with Gasteiger partial charge >= 0.3 is 11.6 Å². The second kappa shape index (κ2) is 10.5. The SMILES string of the molecule is CCCCc1cc(=O)oc2c(C)c(OC(=O)[C@H](NS(=O)(=O)c3ccc(C)cc3)C(C)C)ccc12. The van der Waals surface area contributed by atoms with Gasteiger partial charge < -0.3 is 9.15 Å². The first-order valence-electron chi connectivity index (χ1n) is 11.4. The monoisotopic (exact) mass is 485 g/mol. The molecule has 0 aliphatic carbocycles. The number of nitrogens with one attached hydrogen (secondary N) is 1. The van der Waals surface area contributed by atoms with Crippen molar-refractivity contribution in [3.63, 3.8) is 0 Å². The highest BCUT2D eigenvalue weighted by Crippen LogP contribution is 2.29. The van der Waals surface area contributed by atoms with Crippen molar-refractivity contribution < 1.29 is 22.4 Å². The van der Waals surface area contributed by atoms with E-state index in [1.807, 2.05) is 6.92 Å². The summed E-state index contributed by atoms with van der Waals surface area (Å²) in [4.78, 5) is 25.2. The number of carbonyl (C=O) groups is 1. The van der Waals surface area contributed by atoms with Crippen LogP contribution < -0.4 is 15.1 Å². The number of hydrogen-bond donors (Lipinski definition) is 1. The molecule has 7 nitrogen and oxygen atoms in total. The van der Waals surface area contributed by atoms with Gasteiger partial charge in [0.2, 0.25) is 10.0 Å². The zero-order valence-corrected chi connectivity index (χ0v) is 21.0. The van der Waals surface area contributed by atoms with Crippen LogP contribution in [0.25, 0.3) is 11.0 Å². The summed E-state index contributed by atoms with van der Waals surface area (Å²) in [6.45, 7) is 9.11. The molecule has 182 valence electrons. The highest BCUT2D eigenvalue weighted by molar-refractivity contribution is 7.89. The maximum absolute atomic E-state index is 13.0. The molecule has 8 heteroatoms. The molecule has 0 radical (unpaired) electrons. The van der Waals surface area contributed by atoms with E-state index in [9.17, 15) is 18.0 Å². The number of carbonyl (C=O) groups excluding carboxylic acids is 1. The molecule has 3 rings (SSSR count). The molecule has 0 amide bonds. The molecule has 0 spiro atoms. The molecule has 1 heterocycles. The summed E-state index contributed by atoms with van der Waals surface area (Å²) in [6.07, 6.45) is 2.67. The largest absolute Gasteiger partial charge is 0.425 e. The Morgan fingerprint density at radius 3 is 2.38 bits per heavy atom. The van der Waals surface area contributed by atoms with Gasteiger partial charge in [0.25, 0.3) is 0 Å². The first-order valence-corrected chi connectivity index (χ1v) is 12.9. The molecular weight excluding hydrogens is 454 g/mol. The Labute approximate surface area is 200 Å². The molecule has 0 saturated carbocycles. The van der Waals surface area contributed by atoms with Gasteiger partial charge in [-0.3, -0.25) is 0 Å². The molecule has 1 aromatic heterocycles. The number of rotatable bonds is 9. The van der Waals surface area contributed by atoms with Gasteiger partial charge in [-0.25, -0.2) is 18.0 Å². The van der Waals surface area contributed by atoms with Crippen molar-refractivity contribution in [3.05, 3.63) is 69.6 Å². The molecule has 2 aromatic carbocycles. The van der Waals surface area contributed by atoms with Crippen LogP contribution in [0.3, 0.4) is 0 Å². The lowest BCUT2D eigenvalue weighted by Gasteiger charge is -2.21. The van der Waals surface area contributed by atoms with Crippen LogP contribution in [0, 0.1) is 19.8 Å². The zero-order valence-electron chi connectivity index (χ0n) is 20.2. The number of sulfonamides is 1. The van der Waals surface area contributed by atoms with Crippen LogP contribution in [0.4, 0.5) is 0 Å². The van der Waals surface area contributed by atoms with Crippen LogP contribution in [0.5, 0.6) is 5.75 Å². The Kier molecular flexibility index (Phi) is 7.94. The summed E-state index contributed by atoms with van der Waals surface area (Å²) in [5.41, 5.74) is 2.22. The van der Waals surface area contributed by atoms with Gasteiger partial charge in [-0.1, -0.05) is 44.9 Å². The van der Waals surface area contributed by atoms with Gasteiger partial charge in [0.05, 0.1) is 4.90 Å². The first kappa shape index (κ1) is 25.6. The number of aryl methyl sites for hydroxylation is 3. The highest BCUT2D eigenvalue weighted by atomic mass is 32.2. The number of fused-ring (bicyclic) bond motifs is 1. The minimum absolute atomic E-state index is 0.0693. The molecule has 0 bridgehead atoms. The van der Waals surface area contributed by atoms with E-state index in [0.29, 0.717) is 11.1 Å². The van der Waals surface area contributed by atoms with Gasteiger partial charge in [-0.2, -0.15) is 4.72 Å². The van der Waals surface area contributed by atoms with Crippen LogP contribution >= 0.6 is 0 Å². The quantitative estimate of drug-likeness (QED) is 0.269. The Morgan fingerprint density at radius 1 is 1.09 bits per heavy atom. The lowest BCUT2D eigenvalue weighted by atomic mass is 10.0. The van der Waals surface area contributed by atoms with Crippen molar-refractivity contribution in [2.75, 3.05) is 0 Å². The Balaban J connectivity index is 1.90. The van der Waals surface area contributed by atoms with Gasteiger partial charge in [-0.05, 0) is 62.4 Å². The molecule has 0 unspecified atom stereocenters. The molecular formula is C26H31NO6S. The predicted molar refractivity (Wildman–Crippen MR) is 132 cm³/mol. The number of ether oxygens (including phenoxy) is 1. The molecule has 34 heavy (non-hydrogen) atoms. The summed E-state index contributed by atoms with van der Waals surface area (Å²) < 4.78 is 39.2. The van der Waals surface area contributed by atoms with Crippen molar-refractivity contribution in [3.8, 4) is 5.75 Å². The normalized spacial score (nSPS) is 12.8. The van der Waals surface area contributed by atoms with Crippen LogP contribution in [-0.2, 0) is 21.2 Å². The molecule has 1 atom stereocenters. The third kappa shape index (κ3) is 5.74. The third-order valence-electron chi connectivity index (χ3n) is 5.74. The molecule has 0 aliphatic rings. The Bertz CT molecular complexity index is 1340. The first-order chi connectivity index (χ1) is 16.0. The minimum atomic E-state index is -3.93. The van der Waals surface area contributed by atoms with Crippen molar-refractivity contribution in [1.29, 1.82) is 0 Å². The Hall–Kier alpha value is -2.97. The molecule has 0 aliphatic heterocycles. The van der Waals surface area contributed by atoms with Crippen LogP contribution in [-0.4, -0.2) is 20.4 Å². The lowest BCUT2D eigenvalue weighted by Crippen LogP contribution is -2.46. The number of unbranched alkanes of at least 4 members (excludes halogenated alkanes) is 1. The summed E-state index contributed by atoms with van der Waals surface area (Å²) in [5.74, 6) is -0.891. The second-order valence-electron chi connectivity index (χ2n) is 8.84. The highest BCUT2D eigenvalue weighted by Gasteiger charge is 2.30. The molecule has 0 saturated heterocycles. The van der Waals surface area contributed by atoms with E-state index < -0.39 is 27.7 Å². The molecule has 1 N–H and O–H groups in total. The van der Waals surface area contributed by atoms with E-state index in [1.165, 1.54) is 18.2 Å². The summed E-state index contributed by atoms with van der Waals surface area (Å²) >= 11 is 0. The fourth-order valence-corrected chi connectivity index (χ4v) is 5.01. The van der Waals surface area contributed by atoms with Gasteiger partial charge in [-0.15, -0.1) is 0 Å². The predicted octanol–water partition coefficient (Wildman–Crippen LogP) is 4.66. The van der Waals surface area contributed by atoms with Gasteiger partial charge in [0.1, 0.15) is 17.4 Å². The van der Waals surface area contributed by atoms with Crippen LogP contribution in [0.1, 0.15) is 50.3 Å². The average Bonchev–Trinajstić information content (AvgIpc) is 2.78. The van der Waals surface area contributed by atoms with Crippen molar-refractivity contribution in [1.82, 2.24) is 4.72 Å². The molecule has 3 aromatic rings. The fourth-order valence-electron chi connectivity index (χ4n) is 3.67. The lowest BCUT2D eigenvalue weighted by molar-refractivity contribution is -0.137. The average molecular weight is 486 g/mol. The Morgan fingerprint density at radius 2 is 1.76 bits per heavy atom. The zero-order chi connectivity index (χ0) is 25.0. The van der Waals surface area contributed by atoms with Gasteiger partial charge in [0.15, 0.2) is 0 Å². The van der Waals surface area contributed by atoms with E-state index in [1.54, 1.807) is 45.0 Å². The number of esters is 1. The van der Waals surface area contributed by atoms with E-state index >= 15 is 0 Å². The van der Waals surface area contributed by atoms with Crippen LogP contribution in [0.2, 0.25) is 0 Å². The second-order valence-corrected chi connectivity index (χ2v) is 10.6. The summed E-state index contributed by atoms with van der Waals surface area (Å²) in [7, 11) is -3.93. The van der Waals surface area contributed by atoms with E-state index in [0.717, 1.165) is 35.8 Å². The van der Waals surface area contributed by atoms with Crippen molar-refractivity contribution >= 4 is 27.0 Å². The van der Waals surface area contributed by atoms with Crippen molar-refractivity contribution in [2.45, 2.75) is 64.8 Å². The van der Waals surface area contributed by atoms with Crippen molar-refractivity contribution in [2.24, 2.45) is 5.92 Å².